The zero-order valence-electron chi connectivity index (χ0n) is 35.8. The number of furan rings is 1. The quantitative estimate of drug-likeness (QED) is 0.0994. The molecule has 1 fully saturated rings. The summed E-state index contributed by atoms with van der Waals surface area (Å²) in [4.78, 5) is 2.37. The maximum atomic E-state index is 7.62. The van der Waals surface area contributed by atoms with Gasteiger partial charge in [-0.2, -0.15) is 4.57 Å². The van der Waals surface area contributed by atoms with Gasteiger partial charge in [-0.25, -0.2) is 0 Å². The highest BCUT2D eigenvalue weighted by atomic mass is 16.5. The normalized spacial score (nSPS) is 26.5. The van der Waals surface area contributed by atoms with Gasteiger partial charge in [0, 0.05) is 36.4 Å². The van der Waals surface area contributed by atoms with Crippen molar-refractivity contribution < 1.29 is 13.7 Å². The first-order valence-corrected chi connectivity index (χ1v) is 21.8. The van der Waals surface area contributed by atoms with E-state index in [1.54, 1.807) is 0 Å². The summed E-state index contributed by atoms with van der Waals surface area (Å²) in [6.45, 7) is 23.5. The van der Waals surface area contributed by atoms with Crippen LogP contribution >= 0.6 is 0 Å². The van der Waals surface area contributed by atoms with Crippen molar-refractivity contribution in [1.29, 1.82) is 0 Å². The molecule has 4 aliphatic rings. The number of aryl methyl sites for hydroxylation is 5. The molecule has 296 valence electrons. The lowest BCUT2D eigenvalue weighted by Crippen LogP contribution is -2.72. The average Bonchev–Trinajstić information content (AvgIpc) is 3.55. The molecule has 3 heterocycles. The van der Waals surface area contributed by atoms with E-state index >= 15 is 0 Å². The molecule has 10 rings (SSSR count). The Kier molecular flexibility index (Phi) is 8.31. The molecule has 6 aromatic rings. The molecule has 0 spiro atoms. The summed E-state index contributed by atoms with van der Waals surface area (Å²) in [7, 11) is 2.21. The highest BCUT2D eigenvalue weighted by molar-refractivity contribution is 6.12. The molecule has 4 heteroatoms. The largest absolute Gasteiger partial charge is 0.484 e. The monoisotopic (exact) mass is 767 g/mol. The van der Waals surface area contributed by atoms with Crippen molar-refractivity contribution in [1.82, 2.24) is 4.90 Å². The standard InChI is InChI=1S/C54H59N2O2/c1-34(2)22-26-55(9)54(8)36(4)53(7)51(5,24-25-52(54,6)58-47-30-39-18-12-10-16-37(39)28-35(47)3)46-21-15-14-20-42(46)50-43-33-45-44-29-38-17-11-13-19-40(38)31-48(44)57-49(45)32-41(43)23-27-56(50)53/h14-15,20-23,26-33H,1,4,10-13,16-19,24-25H2,2-3,5-9H3/q+1/b26-22-. The van der Waals surface area contributed by atoms with Gasteiger partial charge in [0.25, 0.3) is 0 Å². The van der Waals surface area contributed by atoms with Crippen molar-refractivity contribution in [2.45, 2.75) is 128 Å². The van der Waals surface area contributed by atoms with Gasteiger partial charge in [0.15, 0.2) is 11.7 Å². The maximum Gasteiger partial charge on any atom is 0.221 e. The summed E-state index contributed by atoms with van der Waals surface area (Å²) in [5.74, 6) is 0.997. The van der Waals surface area contributed by atoms with E-state index in [-0.39, 0.29) is 5.41 Å². The van der Waals surface area contributed by atoms with Crippen LogP contribution in [0.15, 0.2) is 114 Å². The van der Waals surface area contributed by atoms with Gasteiger partial charge in [0.1, 0.15) is 28.1 Å². The Morgan fingerprint density at radius 3 is 2.16 bits per heavy atom. The zero-order valence-corrected chi connectivity index (χ0v) is 35.8. The van der Waals surface area contributed by atoms with E-state index in [9.17, 15) is 0 Å². The second-order valence-corrected chi connectivity index (χ2v) is 19.1. The Hall–Kier alpha value is -5.09. The molecule has 0 N–H and O–H groups in total. The molecule has 1 aliphatic heterocycles. The summed E-state index contributed by atoms with van der Waals surface area (Å²) in [6.07, 6.45) is 18.0. The number of aromatic nitrogens is 1. The van der Waals surface area contributed by atoms with Crippen molar-refractivity contribution in [3.63, 3.8) is 0 Å². The summed E-state index contributed by atoms with van der Waals surface area (Å²) < 4.78 is 16.9. The fourth-order valence-corrected chi connectivity index (χ4v) is 11.9. The van der Waals surface area contributed by atoms with Gasteiger partial charge >= 0.3 is 0 Å². The molecule has 0 radical (unpaired) electrons. The molecule has 0 bridgehead atoms. The van der Waals surface area contributed by atoms with Crippen LogP contribution < -0.4 is 9.30 Å². The first kappa shape index (κ1) is 37.2. The van der Waals surface area contributed by atoms with Crippen molar-refractivity contribution in [2.24, 2.45) is 0 Å². The zero-order chi connectivity index (χ0) is 40.4. The third kappa shape index (κ3) is 5.09. The number of pyridine rings is 1. The number of rotatable bonds is 5. The van der Waals surface area contributed by atoms with Gasteiger partial charge in [0.2, 0.25) is 5.69 Å². The minimum Gasteiger partial charge on any atom is -0.484 e. The third-order valence-corrected chi connectivity index (χ3v) is 15.9. The first-order chi connectivity index (χ1) is 27.8. The Morgan fingerprint density at radius 1 is 0.793 bits per heavy atom. The number of nitrogens with zero attached hydrogens (tertiary/aromatic N) is 2. The van der Waals surface area contributed by atoms with Gasteiger partial charge < -0.3 is 14.1 Å². The molecule has 4 atom stereocenters. The van der Waals surface area contributed by atoms with Crippen molar-refractivity contribution in [2.75, 3.05) is 7.05 Å². The molecule has 2 aromatic heterocycles. The van der Waals surface area contributed by atoms with Crippen molar-refractivity contribution >= 4 is 32.7 Å². The van der Waals surface area contributed by atoms with E-state index < -0.39 is 16.7 Å². The van der Waals surface area contributed by atoms with Crippen LogP contribution in [0, 0.1) is 6.92 Å². The van der Waals surface area contributed by atoms with Crippen LogP contribution in [0.25, 0.3) is 44.0 Å². The number of benzene rings is 4. The van der Waals surface area contributed by atoms with E-state index in [2.05, 4.69) is 150 Å². The Balaban J connectivity index is 1.21. The van der Waals surface area contributed by atoms with Crippen LogP contribution in [0.4, 0.5) is 0 Å². The van der Waals surface area contributed by atoms with Crippen molar-refractivity contribution in [3.8, 4) is 17.0 Å². The fraction of sp³-hybridized carbons (Fsp3) is 0.389. The predicted molar refractivity (Wildman–Crippen MR) is 240 cm³/mol. The van der Waals surface area contributed by atoms with Gasteiger partial charge in [-0.15, -0.1) is 0 Å². The molecular weight excluding hydrogens is 709 g/mol. The van der Waals surface area contributed by atoms with Gasteiger partial charge in [-0.1, -0.05) is 43.0 Å². The third-order valence-electron chi connectivity index (χ3n) is 15.9. The summed E-state index contributed by atoms with van der Waals surface area (Å²) >= 11 is 0. The molecule has 0 saturated heterocycles. The van der Waals surface area contributed by atoms with Crippen molar-refractivity contribution in [3.05, 3.63) is 143 Å². The highest BCUT2D eigenvalue weighted by Crippen LogP contribution is 2.60. The number of hydrogen-bond donors (Lipinski definition) is 0. The number of fused-ring (bicyclic) bond motifs is 13. The smallest absolute Gasteiger partial charge is 0.221 e. The number of likely N-dealkylation sites (N-methyl/N-ethyl adjacent to an activating group) is 1. The minimum absolute atomic E-state index is 0.316. The molecule has 58 heavy (non-hydrogen) atoms. The van der Waals surface area contributed by atoms with E-state index in [1.807, 2.05) is 0 Å². The molecule has 3 aliphatic carbocycles. The van der Waals surface area contributed by atoms with Crippen LogP contribution in [-0.4, -0.2) is 23.1 Å². The summed E-state index contributed by atoms with van der Waals surface area (Å²) in [5, 5.41) is 4.84. The van der Waals surface area contributed by atoms with E-state index in [4.69, 9.17) is 15.7 Å². The highest BCUT2D eigenvalue weighted by Gasteiger charge is 2.69. The lowest BCUT2D eigenvalue weighted by atomic mass is 9.57. The Bertz CT molecular complexity index is 2770. The van der Waals surface area contributed by atoms with Gasteiger partial charge in [0.05, 0.1) is 16.4 Å². The van der Waals surface area contributed by atoms with E-state index in [0.29, 0.717) is 0 Å². The molecule has 0 amide bonds. The van der Waals surface area contributed by atoms with Gasteiger partial charge in [-0.05, 0) is 186 Å². The predicted octanol–water partition coefficient (Wildman–Crippen LogP) is 12.7. The molecular formula is C54H59N2O2+. The summed E-state index contributed by atoms with van der Waals surface area (Å²) in [6, 6.07) is 25.7. The van der Waals surface area contributed by atoms with Gasteiger partial charge in [-0.3, -0.25) is 0 Å². The minimum atomic E-state index is -0.650. The van der Waals surface area contributed by atoms with Crippen LogP contribution in [0.1, 0.15) is 107 Å². The number of allylic oxidation sites excluding steroid dienone is 2. The fourth-order valence-electron chi connectivity index (χ4n) is 11.9. The summed E-state index contributed by atoms with van der Waals surface area (Å²) in [5.41, 5.74) is 12.9. The molecule has 4 aromatic carbocycles. The lowest BCUT2D eigenvalue weighted by Gasteiger charge is -2.54. The number of hydrogen-bond acceptors (Lipinski definition) is 3. The van der Waals surface area contributed by atoms with E-state index in [1.165, 1.54) is 91.9 Å². The molecule has 1 saturated carbocycles. The first-order valence-electron chi connectivity index (χ1n) is 21.8. The van der Waals surface area contributed by atoms with E-state index in [0.717, 1.165) is 66.6 Å². The second kappa shape index (κ2) is 13.0. The topological polar surface area (TPSA) is 29.5 Å². The SMILES string of the molecule is C=C(C)/C=C\N(C)C1(C)C(=C)C2(C)[n+]3ccc4cc5oc6cc7c(cc6c5cc4c3-c3ccccc3C2(C)CCC1(C)Oc1cc2c(cc1C)CCCC2)CCCC7. The lowest BCUT2D eigenvalue weighted by molar-refractivity contribution is -0.754. The van der Waals surface area contributed by atoms with Crippen LogP contribution in [-0.2, 0) is 36.6 Å². The molecule has 4 nitrogen and oxygen atoms in total. The maximum absolute atomic E-state index is 7.62. The van der Waals surface area contributed by atoms with Crippen LogP contribution in [0.5, 0.6) is 5.75 Å². The Labute approximate surface area is 344 Å². The van der Waals surface area contributed by atoms with Crippen LogP contribution in [0.2, 0.25) is 0 Å². The Morgan fingerprint density at radius 2 is 1.43 bits per heavy atom. The second-order valence-electron chi connectivity index (χ2n) is 19.1. The number of ether oxygens (including phenoxy) is 1. The average molecular weight is 768 g/mol. The molecule has 4 unspecified atom stereocenters. The van der Waals surface area contributed by atoms with Crippen LogP contribution in [0.3, 0.4) is 0 Å².